The van der Waals surface area contributed by atoms with Gasteiger partial charge in [0.1, 0.15) is 11.2 Å². The van der Waals surface area contributed by atoms with E-state index in [-0.39, 0.29) is 18.1 Å². The summed E-state index contributed by atoms with van der Waals surface area (Å²) in [5.41, 5.74) is -0.246. The monoisotopic (exact) mass is 345 g/mol. The summed E-state index contributed by atoms with van der Waals surface area (Å²) in [5.74, 6) is 0.688. The SMILES string of the molecule is Cc1nc(C2(NC(=O)CN(C)c3ccccc3[N+](=O)[O-])CCC2)no1. The molecule has 0 saturated heterocycles. The number of rotatable bonds is 6. The van der Waals surface area contributed by atoms with Gasteiger partial charge < -0.3 is 14.7 Å². The maximum Gasteiger partial charge on any atom is 0.292 e. The van der Waals surface area contributed by atoms with E-state index >= 15 is 0 Å². The fourth-order valence-corrected chi connectivity index (χ4v) is 2.98. The molecule has 0 aliphatic heterocycles. The number of hydrogen-bond donors (Lipinski definition) is 1. The molecule has 1 amide bonds. The van der Waals surface area contributed by atoms with E-state index in [0.29, 0.717) is 17.4 Å². The predicted octanol–water partition coefficient (Wildman–Crippen LogP) is 1.92. The Morgan fingerprint density at radius 2 is 2.16 bits per heavy atom. The molecule has 1 aliphatic carbocycles. The van der Waals surface area contributed by atoms with Crippen molar-refractivity contribution >= 4 is 17.3 Å². The lowest BCUT2D eigenvalue weighted by atomic mass is 9.76. The highest BCUT2D eigenvalue weighted by molar-refractivity contribution is 5.83. The van der Waals surface area contributed by atoms with Crippen molar-refractivity contribution in [3.05, 3.63) is 46.1 Å². The third-order valence-electron chi connectivity index (χ3n) is 4.41. The van der Waals surface area contributed by atoms with Gasteiger partial charge in [0.15, 0.2) is 5.82 Å². The molecule has 1 aromatic heterocycles. The smallest absolute Gasteiger partial charge is 0.292 e. The summed E-state index contributed by atoms with van der Waals surface area (Å²) in [7, 11) is 1.65. The maximum atomic E-state index is 12.5. The largest absolute Gasteiger partial charge is 0.360 e. The number of amides is 1. The van der Waals surface area contributed by atoms with E-state index in [1.54, 1.807) is 37.1 Å². The Hall–Kier alpha value is -2.97. The van der Waals surface area contributed by atoms with E-state index < -0.39 is 10.5 Å². The third-order valence-corrected chi connectivity index (χ3v) is 4.41. The Morgan fingerprint density at radius 1 is 1.44 bits per heavy atom. The van der Waals surface area contributed by atoms with Crippen LogP contribution in [0.4, 0.5) is 11.4 Å². The third kappa shape index (κ3) is 3.30. The van der Waals surface area contributed by atoms with Crippen LogP contribution in [0.3, 0.4) is 0 Å². The minimum Gasteiger partial charge on any atom is -0.360 e. The lowest BCUT2D eigenvalue weighted by Crippen LogP contribution is -2.53. The van der Waals surface area contributed by atoms with Gasteiger partial charge in [-0.3, -0.25) is 14.9 Å². The molecule has 2 aromatic rings. The van der Waals surface area contributed by atoms with Crippen molar-refractivity contribution in [1.29, 1.82) is 0 Å². The summed E-state index contributed by atoms with van der Waals surface area (Å²) in [6.07, 6.45) is 2.45. The van der Waals surface area contributed by atoms with Gasteiger partial charge in [0.2, 0.25) is 11.8 Å². The molecule has 1 heterocycles. The number of nitro groups is 1. The molecule has 1 aliphatic rings. The fourth-order valence-electron chi connectivity index (χ4n) is 2.98. The van der Waals surface area contributed by atoms with E-state index in [9.17, 15) is 14.9 Å². The summed E-state index contributed by atoms with van der Waals surface area (Å²) in [6, 6.07) is 6.33. The normalized spacial score (nSPS) is 15.3. The van der Waals surface area contributed by atoms with Crippen molar-refractivity contribution in [2.45, 2.75) is 31.7 Å². The number of nitro benzene ring substituents is 1. The van der Waals surface area contributed by atoms with Crippen LogP contribution in [0.15, 0.2) is 28.8 Å². The van der Waals surface area contributed by atoms with Crippen molar-refractivity contribution in [3.63, 3.8) is 0 Å². The highest BCUT2D eigenvalue weighted by atomic mass is 16.6. The minimum atomic E-state index is -0.599. The van der Waals surface area contributed by atoms with Crippen LogP contribution in [0, 0.1) is 17.0 Å². The Bertz CT molecular complexity index is 799. The van der Waals surface area contributed by atoms with Crippen molar-refractivity contribution in [3.8, 4) is 0 Å². The first-order valence-corrected chi connectivity index (χ1v) is 7.98. The standard InChI is InChI=1S/C16H19N5O4/c1-11-17-15(19-25-11)16(8-5-9-16)18-14(22)10-20(2)12-6-3-4-7-13(12)21(23)24/h3-4,6-7H,5,8-10H2,1-2H3,(H,18,22). The predicted molar refractivity (Wildman–Crippen MR) is 89.1 cm³/mol. The second-order valence-electron chi connectivity index (χ2n) is 6.22. The zero-order chi connectivity index (χ0) is 18.0. The van der Waals surface area contributed by atoms with Crippen LogP contribution in [0.2, 0.25) is 0 Å². The highest BCUT2D eigenvalue weighted by Gasteiger charge is 2.44. The molecule has 3 rings (SSSR count). The topological polar surface area (TPSA) is 114 Å². The quantitative estimate of drug-likeness (QED) is 0.628. The number of carbonyl (C=O) groups excluding carboxylic acids is 1. The number of anilines is 1. The van der Waals surface area contributed by atoms with Gasteiger partial charge >= 0.3 is 0 Å². The Labute approximate surface area is 144 Å². The van der Waals surface area contributed by atoms with Gasteiger partial charge in [-0.2, -0.15) is 4.98 Å². The van der Waals surface area contributed by atoms with Gasteiger partial charge in [-0.25, -0.2) is 0 Å². The number of carbonyl (C=O) groups is 1. The van der Waals surface area contributed by atoms with Gasteiger partial charge in [0, 0.05) is 20.0 Å². The van der Waals surface area contributed by atoms with Crippen LogP contribution in [0.5, 0.6) is 0 Å². The number of aromatic nitrogens is 2. The first-order valence-electron chi connectivity index (χ1n) is 7.98. The van der Waals surface area contributed by atoms with Crippen molar-refractivity contribution < 1.29 is 14.2 Å². The number of benzene rings is 1. The molecule has 1 aromatic carbocycles. The minimum absolute atomic E-state index is 0.0105. The van der Waals surface area contributed by atoms with Crippen LogP contribution in [0.25, 0.3) is 0 Å². The molecule has 1 fully saturated rings. The molecule has 0 spiro atoms. The average Bonchev–Trinajstić information content (AvgIpc) is 2.97. The molecule has 25 heavy (non-hydrogen) atoms. The van der Waals surface area contributed by atoms with Crippen LogP contribution in [0.1, 0.15) is 31.0 Å². The molecule has 132 valence electrons. The second kappa shape index (κ2) is 6.50. The Balaban J connectivity index is 1.71. The van der Waals surface area contributed by atoms with Crippen molar-refractivity contribution in [2.24, 2.45) is 0 Å². The fraction of sp³-hybridized carbons (Fsp3) is 0.438. The van der Waals surface area contributed by atoms with Gasteiger partial charge in [-0.15, -0.1) is 0 Å². The Morgan fingerprint density at radius 3 is 2.72 bits per heavy atom. The molecule has 0 bridgehead atoms. The molecule has 0 radical (unpaired) electrons. The highest BCUT2D eigenvalue weighted by Crippen LogP contribution is 2.39. The zero-order valence-corrected chi connectivity index (χ0v) is 14.1. The number of aryl methyl sites for hydroxylation is 1. The maximum absolute atomic E-state index is 12.5. The summed E-state index contributed by atoms with van der Waals surface area (Å²) >= 11 is 0. The van der Waals surface area contributed by atoms with Crippen LogP contribution in [-0.4, -0.2) is 34.6 Å². The van der Waals surface area contributed by atoms with Crippen molar-refractivity contribution in [1.82, 2.24) is 15.5 Å². The molecule has 1 saturated carbocycles. The molecule has 1 N–H and O–H groups in total. The van der Waals surface area contributed by atoms with Gasteiger partial charge in [0.05, 0.1) is 11.5 Å². The first-order chi connectivity index (χ1) is 11.9. The summed E-state index contributed by atoms with van der Waals surface area (Å²) < 4.78 is 5.02. The van der Waals surface area contributed by atoms with Crippen molar-refractivity contribution in [2.75, 3.05) is 18.5 Å². The van der Waals surface area contributed by atoms with Crippen LogP contribution < -0.4 is 10.2 Å². The molecule has 0 unspecified atom stereocenters. The number of likely N-dealkylation sites (N-methyl/N-ethyl adjacent to an activating group) is 1. The lowest BCUT2D eigenvalue weighted by Gasteiger charge is -2.40. The zero-order valence-electron chi connectivity index (χ0n) is 14.1. The molecular weight excluding hydrogens is 326 g/mol. The van der Waals surface area contributed by atoms with E-state index in [4.69, 9.17) is 4.52 Å². The van der Waals surface area contributed by atoms with E-state index in [2.05, 4.69) is 15.5 Å². The summed E-state index contributed by atoms with van der Waals surface area (Å²) in [4.78, 5) is 29.0. The molecular formula is C16H19N5O4. The second-order valence-corrected chi connectivity index (χ2v) is 6.22. The number of nitrogens with one attached hydrogen (secondary N) is 1. The summed E-state index contributed by atoms with van der Waals surface area (Å²) in [5, 5.41) is 18.0. The molecule has 9 nitrogen and oxygen atoms in total. The van der Waals surface area contributed by atoms with Crippen LogP contribution >= 0.6 is 0 Å². The number of para-hydroxylation sites is 2. The van der Waals surface area contributed by atoms with E-state index in [1.165, 1.54) is 6.07 Å². The first kappa shape index (κ1) is 16.9. The average molecular weight is 345 g/mol. The van der Waals surface area contributed by atoms with Gasteiger partial charge in [-0.05, 0) is 25.3 Å². The van der Waals surface area contributed by atoms with Gasteiger partial charge in [-0.1, -0.05) is 17.3 Å². The van der Waals surface area contributed by atoms with Crippen LogP contribution in [-0.2, 0) is 10.3 Å². The molecule has 9 heteroatoms. The molecule has 0 atom stereocenters. The van der Waals surface area contributed by atoms with E-state index in [1.807, 2.05) is 0 Å². The van der Waals surface area contributed by atoms with Gasteiger partial charge in [0.25, 0.3) is 5.69 Å². The number of nitrogens with zero attached hydrogens (tertiary/aromatic N) is 4. The van der Waals surface area contributed by atoms with E-state index in [0.717, 1.165) is 19.3 Å². The lowest BCUT2D eigenvalue weighted by molar-refractivity contribution is -0.384. The number of hydrogen-bond acceptors (Lipinski definition) is 7. The Kier molecular flexibility index (Phi) is 4.39. The summed E-state index contributed by atoms with van der Waals surface area (Å²) in [6.45, 7) is 1.69.